The Kier molecular flexibility index (Phi) is 5.85. The number of sulfonamides is 1. The highest BCUT2D eigenvalue weighted by atomic mass is 35.5. The zero-order valence-electron chi connectivity index (χ0n) is 18.2. The standard InChI is InChI=1S/C23H22ClN5O3S/c1-13(2)29-11-17(20-22(25)26-12-27-23(20)29)21(30)15-6-4-7-16(10-15)28-33(31,32)19-9-5-8-18(24)14(19)3/h4-13,28H,1-3H3,(H2,25,26,27). The lowest BCUT2D eigenvalue weighted by Gasteiger charge is -2.12. The molecule has 0 unspecified atom stereocenters. The predicted octanol–water partition coefficient (Wildman–Crippen LogP) is 4.59. The zero-order valence-corrected chi connectivity index (χ0v) is 19.8. The molecule has 33 heavy (non-hydrogen) atoms. The van der Waals surface area contributed by atoms with Crippen molar-refractivity contribution in [3.8, 4) is 0 Å². The largest absolute Gasteiger partial charge is 0.383 e. The van der Waals surface area contributed by atoms with E-state index >= 15 is 0 Å². The van der Waals surface area contributed by atoms with Crippen LogP contribution in [0.4, 0.5) is 11.5 Å². The summed E-state index contributed by atoms with van der Waals surface area (Å²) in [5.41, 5.74) is 7.97. The fourth-order valence-electron chi connectivity index (χ4n) is 3.64. The van der Waals surface area contributed by atoms with Crippen LogP contribution in [0.25, 0.3) is 11.0 Å². The molecule has 0 aliphatic carbocycles. The third-order valence-electron chi connectivity index (χ3n) is 5.32. The highest BCUT2D eigenvalue weighted by molar-refractivity contribution is 7.92. The maximum atomic E-state index is 13.4. The van der Waals surface area contributed by atoms with E-state index in [4.69, 9.17) is 17.3 Å². The van der Waals surface area contributed by atoms with E-state index in [1.54, 1.807) is 43.5 Å². The summed E-state index contributed by atoms with van der Waals surface area (Å²) in [5.74, 6) is -0.114. The molecular formula is C23H22ClN5O3S. The van der Waals surface area contributed by atoms with Gasteiger partial charge in [-0.2, -0.15) is 0 Å². The van der Waals surface area contributed by atoms with Crippen LogP contribution >= 0.6 is 11.6 Å². The van der Waals surface area contributed by atoms with E-state index in [-0.39, 0.29) is 28.2 Å². The van der Waals surface area contributed by atoms with Gasteiger partial charge in [0.15, 0.2) is 5.78 Å². The molecule has 2 heterocycles. The molecule has 4 rings (SSSR count). The number of nitrogen functional groups attached to an aromatic ring is 1. The topological polar surface area (TPSA) is 120 Å². The van der Waals surface area contributed by atoms with Crippen molar-refractivity contribution in [2.75, 3.05) is 10.5 Å². The van der Waals surface area contributed by atoms with Gasteiger partial charge in [-0.15, -0.1) is 0 Å². The summed E-state index contributed by atoms with van der Waals surface area (Å²) in [5, 5.41) is 0.819. The van der Waals surface area contributed by atoms with Gasteiger partial charge >= 0.3 is 0 Å². The van der Waals surface area contributed by atoms with E-state index in [1.165, 1.54) is 18.5 Å². The lowest BCUT2D eigenvalue weighted by Crippen LogP contribution is -2.15. The van der Waals surface area contributed by atoms with Crippen LogP contribution in [0.3, 0.4) is 0 Å². The van der Waals surface area contributed by atoms with Crippen molar-refractivity contribution in [1.82, 2.24) is 14.5 Å². The number of carbonyl (C=O) groups is 1. The molecule has 0 aliphatic heterocycles. The lowest BCUT2D eigenvalue weighted by molar-refractivity contribution is 0.104. The van der Waals surface area contributed by atoms with Gasteiger partial charge in [0.25, 0.3) is 10.0 Å². The van der Waals surface area contributed by atoms with Crippen molar-refractivity contribution in [3.05, 3.63) is 76.7 Å². The molecule has 170 valence electrons. The van der Waals surface area contributed by atoms with Crippen molar-refractivity contribution in [3.63, 3.8) is 0 Å². The number of nitrogens with one attached hydrogen (secondary N) is 1. The molecule has 8 nitrogen and oxygen atoms in total. The number of fused-ring (bicyclic) bond motifs is 1. The molecule has 2 aromatic carbocycles. The SMILES string of the molecule is Cc1c(Cl)cccc1S(=O)(=O)Nc1cccc(C(=O)c2cn(C(C)C)c3ncnc(N)c23)c1. The molecule has 3 N–H and O–H groups in total. The average molecular weight is 484 g/mol. The van der Waals surface area contributed by atoms with E-state index in [9.17, 15) is 13.2 Å². The van der Waals surface area contributed by atoms with Gasteiger partial charge in [0.05, 0.1) is 15.8 Å². The molecule has 10 heteroatoms. The first-order valence-electron chi connectivity index (χ1n) is 10.1. The van der Waals surface area contributed by atoms with E-state index in [0.717, 1.165) is 0 Å². The second kappa shape index (κ2) is 8.49. The normalized spacial score (nSPS) is 11.8. The summed E-state index contributed by atoms with van der Waals surface area (Å²) < 4.78 is 30.2. The van der Waals surface area contributed by atoms with Crippen LogP contribution in [0, 0.1) is 6.92 Å². The number of aromatic nitrogens is 3. The molecule has 0 fully saturated rings. The minimum Gasteiger partial charge on any atom is -0.383 e. The Hall–Kier alpha value is -3.43. The summed E-state index contributed by atoms with van der Waals surface area (Å²) in [7, 11) is -3.91. The van der Waals surface area contributed by atoms with Crippen LogP contribution in [0.5, 0.6) is 0 Å². The van der Waals surface area contributed by atoms with Gasteiger partial charge in [-0.05, 0) is 50.6 Å². The number of nitrogens with two attached hydrogens (primary N) is 1. The van der Waals surface area contributed by atoms with E-state index in [0.29, 0.717) is 32.7 Å². The van der Waals surface area contributed by atoms with E-state index in [1.807, 2.05) is 18.4 Å². The van der Waals surface area contributed by atoms with Crippen molar-refractivity contribution in [2.45, 2.75) is 31.7 Å². The Morgan fingerprint density at radius 2 is 1.88 bits per heavy atom. The fraction of sp³-hybridized carbons (Fsp3) is 0.174. The van der Waals surface area contributed by atoms with Crippen LogP contribution in [-0.2, 0) is 10.0 Å². The maximum absolute atomic E-state index is 13.4. The molecule has 0 amide bonds. The highest BCUT2D eigenvalue weighted by Crippen LogP contribution is 2.30. The van der Waals surface area contributed by atoms with Gasteiger partial charge in [-0.3, -0.25) is 9.52 Å². The van der Waals surface area contributed by atoms with Gasteiger partial charge in [-0.1, -0.05) is 29.8 Å². The number of benzene rings is 2. The number of nitrogens with zero attached hydrogens (tertiary/aromatic N) is 3. The van der Waals surface area contributed by atoms with Crippen molar-refractivity contribution < 1.29 is 13.2 Å². The summed E-state index contributed by atoms with van der Waals surface area (Å²) in [6.45, 7) is 5.58. The molecule has 0 bridgehead atoms. The molecule has 0 saturated carbocycles. The van der Waals surface area contributed by atoms with Crippen LogP contribution < -0.4 is 10.5 Å². The van der Waals surface area contributed by atoms with E-state index in [2.05, 4.69) is 14.7 Å². The predicted molar refractivity (Wildman–Crippen MR) is 129 cm³/mol. The number of rotatable bonds is 6. The first-order valence-corrected chi connectivity index (χ1v) is 12.0. The first-order chi connectivity index (χ1) is 15.6. The van der Waals surface area contributed by atoms with Crippen molar-refractivity contribution in [2.24, 2.45) is 0 Å². The monoisotopic (exact) mass is 483 g/mol. The summed E-state index contributed by atoms with van der Waals surface area (Å²) in [4.78, 5) is 21.8. The molecule has 2 aromatic heterocycles. The van der Waals surface area contributed by atoms with Gasteiger partial charge in [0.2, 0.25) is 0 Å². The average Bonchev–Trinajstić information content (AvgIpc) is 3.16. The second-order valence-corrected chi connectivity index (χ2v) is 9.94. The number of anilines is 2. The van der Waals surface area contributed by atoms with Crippen LogP contribution in [-0.4, -0.2) is 28.7 Å². The number of hydrogen-bond donors (Lipinski definition) is 2. The second-order valence-electron chi connectivity index (χ2n) is 7.88. The highest BCUT2D eigenvalue weighted by Gasteiger charge is 2.23. The quantitative estimate of drug-likeness (QED) is 0.387. The zero-order chi connectivity index (χ0) is 23.9. The minimum absolute atomic E-state index is 0.0439. The van der Waals surface area contributed by atoms with Crippen LogP contribution in [0.1, 0.15) is 41.4 Å². The molecule has 0 atom stereocenters. The number of hydrogen-bond acceptors (Lipinski definition) is 6. The van der Waals surface area contributed by atoms with Gasteiger partial charge in [0, 0.05) is 28.5 Å². The van der Waals surface area contributed by atoms with Gasteiger partial charge < -0.3 is 10.3 Å². The minimum atomic E-state index is -3.91. The fourth-order valence-corrected chi connectivity index (χ4v) is 5.19. The van der Waals surface area contributed by atoms with Gasteiger partial charge in [0.1, 0.15) is 17.8 Å². The molecular weight excluding hydrogens is 462 g/mol. The molecule has 0 radical (unpaired) electrons. The number of ketones is 1. The summed E-state index contributed by atoms with van der Waals surface area (Å²) in [6, 6.07) is 11.0. The Labute approximate surface area is 196 Å². The Balaban J connectivity index is 1.73. The number of carbonyl (C=O) groups excluding carboxylic acids is 1. The van der Waals surface area contributed by atoms with E-state index < -0.39 is 10.0 Å². The first kappa shape index (κ1) is 22.8. The molecule has 0 saturated heterocycles. The third-order valence-corrected chi connectivity index (χ3v) is 7.26. The Bertz CT molecular complexity index is 1500. The summed E-state index contributed by atoms with van der Waals surface area (Å²) in [6.07, 6.45) is 3.06. The van der Waals surface area contributed by atoms with Gasteiger partial charge in [-0.25, -0.2) is 18.4 Å². The molecule has 0 aliphatic rings. The smallest absolute Gasteiger partial charge is 0.262 e. The summed E-state index contributed by atoms with van der Waals surface area (Å²) >= 11 is 6.08. The van der Waals surface area contributed by atoms with Crippen LogP contribution in [0.15, 0.2) is 59.9 Å². The molecule has 0 spiro atoms. The van der Waals surface area contributed by atoms with Crippen molar-refractivity contribution >= 4 is 49.9 Å². The Morgan fingerprint density at radius 1 is 1.15 bits per heavy atom. The lowest BCUT2D eigenvalue weighted by atomic mass is 10.0. The Morgan fingerprint density at radius 3 is 2.61 bits per heavy atom. The molecule has 4 aromatic rings. The van der Waals surface area contributed by atoms with Crippen LogP contribution in [0.2, 0.25) is 5.02 Å². The third kappa shape index (κ3) is 4.17. The van der Waals surface area contributed by atoms with Crippen molar-refractivity contribution in [1.29, 1.82) is 0 Å². The number of halogens is 1. The maximum Gasteiger partial charge on any atom is 0.262 e.